The lowest BCUT2D eigenvalue weighted by Gasteiger charge is -2.12. The first kappa shape index (κ1) is 19.5. The lowest BCUT2D eigenvalue weighted by atomic mass is 10.1. The molecular weight excluding hydrogens is 376 g/mol. The van der Waals surface area contributed by atoms with Crippen LogP contribution in [0.15, 0.2) is 53.1 Å². The minimum atomic E-state index is -0.344. The summed E-state index contributed by atoms with van der Waals surface area (Å²) in [5.74, 6) is 0.613. The van der Waals surface area contributed by atoms with Crippen LogP contribution < -0.4 is 10.6 Å². The Balaban J connectivity index is 1.56. The highest BCUT2D eigenvalue weighted by atomic mass is 32.1. The van der Waals surface area contributed by atoms with Crippen LogP contribution in [0.4, 0.5) is 5.69 Å². The number of aryl methyl sites for hydroxylation is 1. The Morgan fingerprint density at radius 3 is 2.71 bits per heavy atom. The number of anilines is 1. The Morgan fingerprint density at radius 1 is 1.21 bits per heavy atom. The number of benzene rings is 2. The fourth-order valence-electron chi connectivity index (χ4n) is 2.50. The molecule has 0 unspecified atom stereocenters. The summed E-state index contributed by atoms with van der Waals surface area (Å²) in [5.41, 5.74) is 3.05. The van der Waals surface area contributed by atoms with Gasteiger partial charge in [-0.1, -0.05) is 35.5 Å². The number of aromatic nitrogens is 2. The zero-order valence-corrected chi connectivity index (χ0v) is 16.4. The summed E-state index contributed by atoms with van der Waals surface area (Å²) in [6.07, 6.45) is 0. The quantitative estimate of drug-likeness (QED) is 0.481. The maximum Gasteiger partial charge on any atom is 0.338 e. The molecule has 0 saturated heterocycles. The zero-order valence-electron chi connectivity index (χ0n) is 15.6. The van der Waals surface area contributed by atoms with Gasteiger partial charge in [0.15, 0.2) is 5.11 Å². The average molecular weight is 396 g/mol. The Kier molecular flexibility index (Phi) is 6.33. The number of nitrogens with one attached hydrogen (secondary N) is 2. The molecular formula is C20H20N4O3S. The van der Waals surface area contributed by atoms with Crippen molar-refractivity contribution in [1.82, 2.24) is 15.5 Å². The van der Waals surface area contributed by atoms with Gasteiger partial charge in [0.1, 0.15) is 0 Å². The van der Waals surface area contributed by atoms with E-state index in [1.165, 1.54) is 0 Å². The van der Waals surface area contributed by atoms with Crippen molar-refractivity contribution in [3.63, 3.8) is 0 Å². The third-order valence-electron chi connectivity index (χ3n) is 3.89. The summed E-state index contributed by atoms with van der Waals surface area (Å²) in [6.45, 7) is 4.30. The molecule has 0 fully saturated rings. The van der Waals surface area contributed by atoms with Gasteiger partial charge in [-0.05, 0) is 49.8 Å². The lowest BCUT2D eigenvalue weighted by Crippen LogP contribution is -2.28. The van der Waals surface area contributed by atoms with Gasteiger partial charge in [0, 0.05) is 11.3 Å². The van der Waals surface area contributed by atoms with Crippen LogP contribution in [-0.4, -0.2) is 27.8 Å². The highest BCUT2D eigenvalue weighted by Gasteiger charge is 2.11. The molecule has 0 aliphatic rings. The van der Waals surface area contributed by atoms with Gasteiger partial charge in [0.25, 0.3) is 0 Å². The maximum absolute atomic E-state index is 11.8. The van der Waals surface area contributed by atoms with Crippen LogP contribution in [0.25, 0.3) is 11.4 Å². The Morgan fingerprint density at radius 2 is 2.00 bits per heavy atom. The van der Waals surface area contributed by atoms with E-state index in [2.05, 4.69) is 20.8 Å². The average Bonchev–Trinajstić information content (AvgIpc) is 3.18. The molecule has 0 amide bonds. The molecule has 7 nitrogen and oxygen atoms in total. The van der Waals surface area contributed by atoms with E-state index in [0.29, 0.717) is 35.5 Å². The summed E-state index contributed by atoms with van der Waals surface area (Å²) in [5, 5.41) is 10.5. The number of rotatable bonds is 6. The predicted octanol–water partition coefficient (Wildman–Crippen LogP) is 3.71. The van der Waals surface area contributed by atoms with E-state index in [-0.39, 0.29) is 5.97 Å². The normalized spacial score (nSPS) is 10.4. The van der Waals surface area contributed by atoms with Crippen molar-refractivity contribution in [2.75, 3.05) is 11.9 Å². The van der Waals surface area contributed by atoms with E-state index in [4.69, 9.17) is 21.5 Å². The number of carbonyl (C=O) groups excluding carboxylic acids is 1. The number of nitrogens with zero attached hydrogens (tertiary/aromatic N) is 2. The van der Waals surface area contributed by atoms with Crippen LogP contribution in [0.1, 0.15) is 28.7 Å². The number of carbonyl (C=O) groups is 1. The summed E-state index contributed by atoms with van der Waals surface area (Å²) in [7, 11) is 0. The third-order valence-corrected chi connectivity index (χ3v) is 4.13. The van der Waals surface area contributed by atoms with Crippen molar-refractivity contribution >= 4 is 29.0 Å². The first-order valence-corrected chi connectivity index (χ1v) is 9.18. The van der Waals surface area contributed by atoms with Crippen molar-refractivity contribution in [3.05, 3.63) is 65.5 Å². The molecule has 0 radical (unpaired) electrons. The number of hydrogen-bond donors (Lipinski definition) is 2. The van der Waals surface area contributed by atoms with Crippen molar-refractivity contribution in [3.8, 4) is 11.4 Å². The first-order chi connectivity index (χ1) is 13.6. The van der Waals surface area contributed by atoms with Crippen LogP contribution >= 0.6 is 12.2 Å². The first-order valence-electron chi connectivity index (χ1n) is 8.77. The monoisotopic (exact) mass is 396 g/mol. The molecule has 144 valence electrons. The Bertz CT molecular complexity index is 973. The number of ether oxygens (including phenoxy) is 1. The van der Waals surface area contributed by atoms with Crippen molar-refractivity contribution in [2.45, 2.75) is 20.4 Å². The van der Waals surface area contributed by atoms with E-state index in [1.54, 1.807) is 25.1 Å². The highest BCUT2D eigenvalue weighted by Crippen LogP contribution is 2.18. The van der Waals surface area contributed by atoms with Crippen LogP contribution in [0.2, 0.25) is 0 Å². The van der Waals surface area contributed by atoms with Gasteiger partial charge in [-0.15, -0.1) is 0 Å². The smallest absolute Gasteiger partial charge is 0.338 e. The Hall–Kier alpha value is -3.26. The second kappa shape index (κ2) is 9.09. The van der Waals surface area contributed by atoms with E-state index in [0.717, 1.165) is 16.8 Å². The largest absolute Gasteiger partial charge is 0.462 e. The van der Waals surface area contributed by atoms with Gasteiger partial charge < -0.3 is 19.9 Å². The van der Waals surface area contributed by atoms with E-state index in [9.17, 15) is 4.79 Å². The number of hydrogen-bond acceptors (Lipinski definition) is 6. The van der Waals surface area contributed by atoms with Gasteiger partial charge in [-0.25, -0.2) is 4.79 Å². The molecule has 3 rings (SSSR count). The van der Waals surface area contributed by atoms with Crippen LogP contribution in [-0.2, 0) is 11.3 Å². The van der Waals surface area contributed by atoms with Crippen LogP contribution in [0, 0.1) is 6.92 Å². The number of thiocarbonyl (C=S) groups is 1. The molecule has 2 N–H and O–H groups in total. The molecule has 28 heavy (non-hydrogen) atoms. The topological polar surface area (TPSA) is 89.3 Å². The molecule has 8 heteroatoms. The van der Waals surface area contributed by atoms with Gasteiger partial charge in [0.2, 0.25) is 11.7 Å². The zero-order chi connectivity index (χ0) is 19.9. The van der Waals surface area contributed by atoms with Crippen molar-refractivity contribution in [2.24, 2.45) is 0 Å². The van der Waals surface area contributed by atoms with Crippen molar-refractivity contribution in [1.29, 1.82) is 0 Å². The fourth-order valence-corrected chi connectivity index (χ4v) is 2.68. The minimum Gasteiger partial charge on any atom is -0.462 e. The van der Waals surface area contributed by atoms with E-state index >= 15 is 0 Å². The predicted molar refractivity (Wildman–Crippen MR) is 110 cm³/mol. The minimum absolute atomic E-state index is 0.297. The standard InChI is InChI=1S/C20H20N4O3S/c1-3-26-19(25)15-9-10-16(13(2)11-15)22-20(28)21-12-17-23-18(24-27-17)14-7-5-4-6-8-14/h4-11H,3,12H2,1-2H3,(H2,21,22,28). The second-order valence-corrected chi connectivity index (χ2v) is 6.34. The van der Waals surface area contributed by atoms with Gasteiger partial charge >= 0.3 is 5.97 Å². The highest BCUT2D eigenvalue weighted by molar-refractivity contribution is 7.80. The molecule has 0 aliphatic carbocycles. The SMILES string of the molecule is CCOC(=O)c1ccc(NC(=S)NCc2nc(-c3ccccc3)no2)c(C)c1. The number of esters is 1. The van der Waals surface area contributed by atoms with E-state index in [1.807, 2.05) is 37.3 Å². The van der Waals surface area contributed by atoms with Gasteiger partial charge in [-0.2, -0.15) is 4.98 Å². The molecule has 1 aromatic heterocycles. The molecule has 0 saturated carbocycles. The van der Waals surface area contributed by atoms with Crippen LogP contribution in [0.5, 0.6) is 0 Å². The summed E-state index contributed by atoms with van der Waals surface area (Å²) < 4.78 is 10.3. The Labute approximate surface area is 168 Å². The molecule has 2 aromatic carbocycles. The lowest BCUT2D eigenvalue weighted by molar-refractivity contribution is 0.0526. The maximum atomic E-state index is 11.8. The molecule has 0 aliphatic heterocycles. The van der Waals surface area contributed by atoms with Crippen molar-refractivity contribution < 1.29 is 14.1 Å². The fraction of sp³-hybridized carbons (Fsp3) is 0.200. The third kappa shape index (κ3) is 4.92. The molecule has 0 bridgehead atoms. The summed E-state index contributed by atoms with van der Waals surface area (Å²) >= 11 is 5.32. The molecule has 1 heterocycles. The molecule has 0 spiro atoms. The molecule has 0 atom stereocenters. The second-order valence-electron chi connectivity index (χ2n) is 5.94. The summed E-state index contributed by atoms with van der Waals surface area (Å²) in [4.78, 5) is 16.1. The summed E-state index contributed by atoms with van der Waals surface area (Å²) in [6, 6.07) is 14.8. The van der Waals surface area contributed by atoms with Crippen LogP contribution in [0.3, 0.4) is 0 Å². The van der Waals surface area contributed by atoms with E-state index < -0.39 is 0 Å². The van der Waals surface area contributed by atoms with Gasteiger partial charge in [-0.3, -0.25) is 0 Å². The van der Waals surface area contributed by atoms with Gasteiger partial charge in [0.05, 0.1) is 18.7 Å². The molecule has 3 aromatic rings.